The van der Waals surface area contributed by atoms with Gasteiger partial charge in [0.1, 0.15) is 0 Å². The van der Waals surface area contributed by atoms with E-state index in [0.717, 1.165) is 24.6 Å². The number of rotatable bonds is 5. The van der Waals surface area contributed by atoms with E-state index in [4.69, 9.17) is 0 Å². The Morgan fingerprint density at radius 2 is 1.95 bits per heavy atom. The Hall–Kier alpha value is -2.56. The van der Waals surface area contributed by atoms with Gasteiger partial charge in [-0.15, -0.1) is 0 Å². The number of para-hydroxylation sites is 1. The standard InChI is InChI=1S/C15H17N5/c1-19-14(7-9-17-19)8-11-20-12-10-16-15(20)18-13-5-3-2-4-6-13/h2-7,9-10,12H,8,11H2,1H3,(H,16,18). The topological polar surface area (TPSA) is 47.7 Å². The van der Waals surface area contributed by atoms with Crippen molar-refractivity contribution >= 4 is 11.6 Å². The Morgan fingerprint density at radius 1 is 1.10 bits per heavy atom. The molecule has 0 amide bonds. The molecular weight excluding hydrogens is 250 g/mol. The van der Waals surface area contributed by atoms with Crippen molar-refractivity contribution in [2.45, 2.75) is 13.0 Å². The van der Waals surface area contributed by atoms with Gasteiger partial charge in [-0.25, -0.2) is 4.98 Å². The molecule has 1 aromatic carbocycles. The monoisotopic (exact) mass is 267 g/mol. The zero-order valence-electron chi connectivity index (χ0n) is 11.4. The molecule has 2 heterocycles. The van der Waals surface area contributed by atoms with E-state index in [2.05, 4.69) is 20.0 Å². The number of aromatic nitrogens is 4. The van der Waals surface area contributed by atoms with E-state index >= 15 is 0 Å². The number of hydrogen-bond donors (Lipinski definition) is 1. The molecule has 0 saturated carbocycles. The minimum Gasteiger partial charge on any atom is -0.326 e. The summed E-state index contributed by atoms with van der Waals surface area (Å²) in [5.74, 6) is 0.860. The third-order valence-electron chi connectivity index (χ3n) is 3.28. The Balaban J connectivity index is 1.69. The summed E-state index contributed by atoms with van der Waals surface area (Å²) in [6.07, 6.45) is 6.55. The van der Waals surface area contributed by atoms with E-state index in [-0.39, 0.29) is 0 Å². The molecule has 1 N–H and O–H groups in total. The minimum absolute atomic E-state index is 0.860. The maximum atomic E-state index is 4.36. The predicted octanol–water partition coefficient (Wildman–Crippen LogP) is 2.60. The van der Waals surface area contributed by atoms with Crippen molar-refractivity contribution in [2.24, 2.45) is 7.05 Å². The third-order valence-corrected chi connectivity index (χ3v) is 3.28. The summed E-state index contributed by atoms with van der Waals surface area (Å²) in [6.45, 7) is 0.870. The number of hydrogen-bond acceptors (Lipinski definition) is 3. The summed E-state index contributed by atoms with van der Waals surface area (Å²) in [5.41, 5.74) is 2.25. The highest BCUT2D eigenvalue weighted by Crippen LogP contribution is 2.14. The van der Waals surface area contributed by atoms with Crippen molar-refractivity contribution in [3.05, 3.63) is 60.7 Å². The minimum atomic E-state index is 0.860. The Bertz CT molecular complexity index is 668. The fraction of sp³-hybridized carbons (Fsp3) is 0.200. The van der Waals surface area contributed by atoms with E-state index in [1.54, 1.807) is 0 Å². The highest BCUT2D eigenvalue weighted by Gasteiger charge is 2.04. The summed E-state index contributed by atoms with van der Waals surface area (Å²) in [4.78, 5) is 4.36. The van der Waals surface area contributed by atoms with Crippen LogP contribution < -0.4 is 5.32 Å². The Kier molecular flexibility index (Phi) is 3.50. The summed E-state index contributed by atoms with van der Waals surface area (Å²) in [5, 5.41) is 7.51. The summed E-state index contributed by atoms with van der Waals surface area (Å²) < 4.78 is 4.02. The van der Waals surface area contributed by atoms with Crippen LogP contribution in [0, 0.1) is 0 Å². The number of nitrogens with one attached hydrogen (secondary N) is 1. The smallest absolute Gasteiger partial charge is 0.207 e. The molecule has 0 radical (unpaired) electrons. The van der Waals surface area contributed by atoms with Gasteiger partial charge in [0.25, 0.3) is 0 Å². The Labute approximate surface area is 117 Å². The van der Waals surface area contributed by atoms with Crippen LogP contribution in [-0.4, -0.2) is 19.3 Å². The van der Waals surface area contributed by atoms with Crippen molar-refractivity contribution in [2.75, 3.05) is 5.32 Å². The van der Waals surface area contributed by atoms with Gasteiger partial charge in [-0.2, -0.15) is 5.10 Å². The van der Waals surface area contributed by atoms with Crippen LogP contribution >= 0.6 is 0 Å². The highest BCUT2D eigenvalue weighted by molar-refractivity contribution is 5.52. The normalized spacial score (nSPS) is 10.7. The van der Waals surface area contributed by atoms with Crippen molar-refractivity contribution < 1.29 is 0 Å². The van der Waals surface area contributed by atoms with Gasteiger partial charge in [0.2, 0.25) is 5.95 Å². The largest absolute Gasteiger partial charge is 0.326 e. The lowest BCUT2D eigenvalue weighted by Crippen LogP contribution is -2.07. The zero-order valence-corrected chi connectivity index (χ0v) is 11.4. The highest BCUT2D eigenvalue weighted by atomic mass is 15.3. The van der Waals surface area contributed by atoms with Crippen LogP contribution in [0.4, 0.5) is 11.6 Å². The van der Waals surface area contributed by atoms with Crippen molar-refractivity contribution in [1.29, 1.82) is 0 Å². The van der Waals surface area contributed by atoms with Crippen LogP contribution in [0.25, 0.3) is 0 Å². The first-order valence-corrected chi connectivity index (χ1v) is 6.63. The second kappa shape index (κ2) is 5.61. The molecule has 0 aliphatic rings. The second-order valence-corrected chi connectivity index (χ2v) is 4.63. The fourth-order valence-corrected chi connectivity index (χ4v) is 2.15. The molecule has 20 heavy (non-hydrogen) atoms. The SMILES string of the molecule is Cn1nccc1CCn1ccnc1Nc1ccccc1. The summed E-state index contributed by atoms with van der Waals surface area (Å²) in [7, 11) is 1.96. The third kappa shape index (κ3) is 2.71. The van der Waals surface area contributed by atoms with Crippen molar-refractivity contribution in [3.63, 3.8) is 0 Å². The van der Waals surface area contributed by atoms with Gasteiger partial charge >= 0.3 is 0 Å². The fourth-order valence-electron chi connectivity index (χ4n) is 2.15. The van der Waals surface area contributed by atoms with Gasteiger partial charge in [-0.1, -0.05) is 18.2 Å². The van der Waals surface area contributed by atoms with Crippen LogP contribution in [0.1, 0.15) is 5.69 Å². The van der Waals surface area contributed by atoms with E-state index < -0.39 is 0 Å². The maximum absolute atomic E-state index is 4.36. The van der Waals surface area contributed by atoms with Crippen molar-refractivity contribution in [1.82, 2.24) is 19.3 Å². The van der Waals surface area contributed by atoms with E-state index in [0.29, 0.717) is 0 Å². The average molecular weight is 267 g/mol. The molecule has 0 aliphatic heterocycles. The second-order valence-electron chi connectivity index (χ2n) is 4.63. The lowest BCUT2D eigenvalue weighted by Gasteiger charge is -2.10. The van der Waals surface area contributed by atoms with Crippen LogP contribution in [-0.2, 0) is 20.0 Å². The first-order chi connectivity index (χ1) is 9.83. The molecule has 0 bridgehead atoms. The van der Waals surface area contributed by atoms with Crippen molar-refractivity contribution in [3.8, 4) is 0 Å². The number of aryl methyl sites for hydroxylation is 3. The lowest BCUT2D eigenvalue weighted by atomic mass is 10.3. The Morgan fingerprint density at radius 3 is 2.70 bits per heavy atom. The quantitative estimate of drug-likeness (QED) is 0.773. The average Bonchev–Trinajstić information content (AvgIpc) is 3.07. The van der Waals surface area contributed by atoms with Gasteiger partial charge < -0.3 is 9.88 Å². The summed E-state index contributed by atoms with van der Waals surface area (Å²) >= 11 is 0. The predicted molar refractivity (Wildman–Crippen MR) is 78.9 cm³/mol. The molecule has 3 aromatic rings. The van der Waals surface area contributed by atoms with Gasteiger partial charge in [-0.05, 0) is 18.2 Å². The summed E-state index contributed by atoms with van der Waals surface area (Å²) in [6, 6.07) is 12.1. The van der Waals surface area contributed by atoms with Crippen LogP contribution in [0.15, 0.2) is 55.0 Å². The zero-order chi connectivity index (χ0) is 13.8. The maximum Gasteiger partial charge on any atom is 0.207 e. The molecule has 0 spiro atoms. The molecule has 0 atom stereocenters. The van der Waals surface area contributed by atoms with Gasteiger partial charge in [0, 0.05) is 50.0 Å². The number of anilines is 2. The molecule has 5 heteroatoms. The first kappa shape index (κ1) is 12.5. The molecule has 0 fully saturated rings. The molecular formula is C15H17N5. The molecule has 102 valence electrons. The van der Waals surface area contributed by atoms with Crippen LogP contribution in [0.2, 0.25) is 0 Å². The van der Waals surface area contributed by atoms with Gasteiger partial charge in [0.05, 0.1) is 0 Å². The number of nitrogens with zero attached hydrogens (tertiary/aromatic N) is 4. The van der Waals surface area contributed by atoms with E-state index in [1.807, 2.05) is 66.7 Å². The number of imidazole rings is 1. The molecule has 0 aliphatic carbocycles. The van der Waals surface area contributed by atoms with E-state index in [9.17, 15) is 0 Å². The molecule has 5 nitrogen and oxygen atoms in total. The van der Waals surface area contributed by atoms with E-state index in [1.165, 1.54) is 5.69 Å². The number of benzene rings is 1. The molecule has 0 unspecified atom stereocenters. The van der Waals surface area contributed by atoms with Gasteiger partial charge in [0.15, 0.2) is 0 Å². The molecule has 2 aromatic heterocycles. The molecule has 3 rings (SSSR count). The van der Waals surface area contributed by atoms with Gasteiger partial charge in [-0.3, -0.25) is 4.68 Å². The lowest BCUT2D eigenvalue weighted by molar-refractivity contribution is 0.641. The molecule has 0 saturated heterocycles. The van der Waals surface area contributed by atoms with Crippen LogP contribution in [0.5, 0.6) is 0 Å². The van der Waals surface area contributed by atoms with Crippen LogP contribution in [0.3, 0.4) is 0 Å². The first-order valence-electron chi connectivity index (χ1n) is 6.63.